The van der Waals surface area contributed by atoms with Crippen LogP contribution < -0.4 is 11.1 Å². The molecular formula is C13H16N4O. The number of aryl methyl sites for hydroxylation is 2. The molecule has 18 heavy (non-hydrogen) atoms. The van der Waals surface area contributed by atoms with E-state index in [1.54, 1.807) is 23.0 Å². The van der Waals surface area contributed by atoms with Crippen molar-refractivity contribution in [3.05, 3.63) is 42.2 Å². The molecule has 0 aliphatic carbocycles. The van der Waals surface area contributed by atoms with Gasteiger partial charge in [0.05, 0.1) is 6.20 Å². The minimum Gasteiger partial charge on any atom is -0.399 e. The molecule has 0 spiro atoms. The van der Waals surface area contributed by atoms with Crippen molar-refractivity contribution >= 4 is 17.3 Å². The van der Waals surface area contributed by atoms with E-state index in [9.17, 15) is 4.79 Å². The zero-order valence-corrected chi connectivity index (χ0v) is 10.3. The molecule has 1 aromatic heterocycles. The van der Waals surface area contributed by atoms with E-state index in [0.29, 0.717) is 18.7 Å². The summed E-state index contributed by atoms with van der Waals surface area (Å²) in [5, 5.41) is 6.93. The maximum Gasteiger partial charge on any atom is 0.226 e. The van der Waals surface area contributed by atoms with Crippen LogP contribution in [0.4, 0.5) is 11.4 Å². The third kappa shape index (κ3) is 3.35. The molecule has 1 aromatic carbocycles. The standard InChI is InChI=1S/C13H16N4O/c1-10-8-15-17(9-10)6-5-13(18)16-12-4-2-3-11(14)7-12/h2-4,7-9H,5-6,14H2,1H3,(H,16,18). The zero-order chi connectivity index (χ0) is 13.0. The van der Waals surface area contributed by atoms with Crippen LogP contribution in [0.15, 0.2) is 36.7 Å². The molecule has 5 nitrogen and oxygen atoms in total. The summed E-state index contributed by atoms with van der Waals surface area (Å²) in [6, 6.07) is 7.13. The van der Waals surface area contributed by atoms with E-state index in [2.05, 4.69) is 10.4 Å². The molecule has 0 bridgehead atoms. The van der Waals surface area contributed by atoms with Gasteiger partial charge in [0.1, 0.15) is 0 Å². The highest BCUT2D eigenvalue weighted by Crippen LogP contribution is 2.12. The fourth-order valence-corrected chi connectivity index (χ4v) is 1.65. The Morgan fingerprint density at radius 3 is 3.00 bits per heavy atom. The average Bonchev–Trinajstić information content (AvgIpc) is 2.73. The van der Waals surface area contributed by atoms with Gasteiger partial charge in [0, 0.05) is 30.5 Å². The Bertz CT molecular complexity index is 547. The lowest BCUT2D eigenvalue weighted by molar-refractivity contribution is -0.116. The van der Waals surface area contributed by atoms with E-state index in [4.69, 9.17) is 5.73 Å². The number of benzene rings is 1. The van der Waals surface area contributed by atoms with Gasteiger partial charge in [-0.05, 0) is 30.7 Å². The van der Waals surface area contributed by atoms with Gasteiger partial charge < -0.3 is 11.1 Å². The van der Waals surface area contributed by atoms with Gasteiger partial charge >= 0.3 is 0 Å². The molecule has 0 radical (unpaired) electrons. The summed E-state index contributed by atoms with van der Waals surface area (Å²) in [4.78, 5) is 11.7. The van der Waals surface area contributed by atoms with Crippen molar-refractivity contribution in [1.82, 2.24) is 9.78 Å². The maximum atomic E-state index is 11.7. The Labute approximate surface area is 106 Å². The molecule has 2 rings (SSSR count). The number of carbonyl (C=O) groups is 1. The van der Waals surface area contributed by atoms with E-state index in [1.165, 1.54) is 0 Å². The molecule has 0 atom stereocenters. The van der Waals surface area contributed by atoms with Crippen molar-refractivity contribution in [3.63, 3.8) is 0 Å². The van der Waals surface area contributed by atoms with Crippen molar-refractivity contribution in [2.75, 3.05) is 11.1 Å². The molecule has 94 valence electrons. The minimum absolute atomic E-state index is 0.0475. The molecule has 0 unspecified atom stereocenters. The summed E-state index contributed by atoms with van der Waals surface area (Å²) in [5.74, 6) is -0.0475. The molecule has 3 N–H and O–H groups in total. The fourth-order valence-electron chi connectivity index (χ4n) is 1.65. The molecule has 1 amide bonds. The number of nitrogens with two attached hydrogens (primary N) is 1. The zero-order valence-electron chi connectivity index (χ0n) is 10.3. The summed E-state index contributed by atoms with van der Waals surface area (Å²) in [7, 11) is 0. The Morgan fingerprint density at radius 2 is 2.33 bits per heavy atom. The molecule has 0 fully saturated rings. The SMILES string of the molecule is Cc1cnn(CCC(=O)Nc2cccc(N)c2)c1. The predicted octanol–water partition coefficient (Wildman–Crippen LogP) is 1.80. The summed E-state index contributed by atoms with van der Waals surface area (Å²) in [6.07, 6.45) is 4.07. The molecule has 5 heteroatoms. The number of carbonyl (C=O) groups excluding carboxylic acids is 1. The topological polar surface area (TPSA) is 72.9 Å². The lowest BCUT2D eigenvalue weighted by Gasteiger charge is -2.06. The highest BCUT2D eigenvalue weighted by atomic mass is 16.1. The minimum atomic E-state index is -0.0475. The Morgan fingerprint density at radius 1 is 1.50 bits per heavy atom. The second kappa shape index (κ2) is 5.35. The second-order valence-electron chi connectivity index (χ2n) is 4.20. The Balaban J connectivity index is 1.85. The van der Waals surface area contributed by atoms with Gasteiger partial charge in [-0.15, -0.1) is 0 Å². The molecule has 0 saturated carbocycles. The third-order valence-electron chi connectivity index (χ3n) is 2.50. The molecule has 0 aliphatic heterocycles. The van der Waals surface area contributed by atoms with Gasteiger partial charge in [-0.1, -0.05) is 6.07 Å². The number of anilines is 2. The Kier molecular flexibility index (Phi) is 3.62. The van der Waals surface area contributed by atoms with Gasteiger partial charge in [-0.2, -0.15) is 5.10 Å². The largest absolute Gasteiger partial charge is 0.399 e. The quantitative estimate of drug-likeness (QED) is 0.805. The van der Waals surface area contributed by atoms with Crippen molar-refractivity contribution in [2.45, 2.75) is 19.9 Å². The van der Waals surface area contributed by atoms with E-state index in [1.807, 2.05) is 25.3 Å². The predicted molar refractivity (Wildman–Crippen MR) is 71.1 cm³/mol. The number of hydrogen-bond donors (Lipinski definition) is 2. The summed E-state index contributed by atoms with van der Waals surface area (Å²) in [6.45, 7) is 2.54. The van der Waals surface area contributed by atoms with Gasteiger partial charge in [0.2, 0.25) is 5.91 Å². The lowest BCUT2D eigenvalue weighted by Crippen LogP contribution is -2.14. The van der Waals surface area contributed by atoms with Crippen LogP contribution in [0.5, 0.6) is 0 Å². The van der Waals surface area contributed by atoms with E-state index < -0.39 is 0 Å². The van der Waals surface area contributed by atoms with Gasteiger partial charge in [-0.25, -0.2) is 0 Å². The third-order valence-corrected chi connectivity index (χ3v) is 2.50. The first-order valence-corrected chi connectivity index (χ1v) is 5.78. The van der Waals surface area contributed by atoms with Crippen LogP contribution in [0.1, 0.15) is 12.0 Å². The smallest absolute Gasteiger partial charge is 0.226 e. The first kappa shape index (κ1) is 12.2. The summed E-state index contributed by atoms with van der Waals surface area (Å²) < 4.78 is 1.76. The van der Waals surface area contributed by atoms with Crippen molar-refractivity contribution < 1.29 is 4.79 Å². The number of nitrogens with one attached hydrogen (secondary N) is 1. The van der Waals surface area contributed by atoms with Crippen molar-refractivity contribution in [1.29, 1.82) is 0 Å². The van der Waals surface area contributed by atoms with Crippen LogP contribution >= 0.6 is 0 Å². The number of rotatable bonds is 4. The van der Waals surface area contributed by atoms with E-state index in [-0.39, 0.29) is 5.91 Å². The average molecular weight is 244 g/mol. The highest BCUT2D eigenvalue weighted by Gasteiger charge is 2.03. The molecule has 0 saturated heterocycles. The summed E-state index contributed by atoms with van der Waals surface area (Å²) in [5.41, 5.74) is 8.08. The van der Waals surface area contributed by atoms with E-state index >= 15 is 0 Å². The van der Waals surface area contributed by atoms with Gasteiger partial charge in [-0.3, -0.25) is 9.48 Å². The van der Waals surface area contributed by atoms with Crippen molar-refractivity contribution in [2.24, 2.45) is 0 Å². The number of aromatic nitrogens is 2. The molecular weight excluding hydrogens is 228 g/mol. The van der Waals surface area contributed by atoms with E-state index in [0.717, 1.165) is 11.3 Å². The van der Waals surface area contributed by atoms with Gasteiger partial charge in [0.25, 0.3) is 0 Å². The first-order valence-electron chi connectivity index (χ1n) is 5.78. The Hall–Kier alpha value is -2.30. The number of amides is 1. The fraction of sp³-hybridized carbons (Fsp3) is 0.231. The van der Waals surface area contributed by atoms with Gasteiger partial charge in [0.15, 0.2) is 0 Å². The number of nitrogen functional groups attached to an aromatic ring is 1. The number of nitrogens with zero attached hydrogens (tertiary/aromatic N) is 2. The maximum absolute atomic E-state index is 11.7. The first-order chi connectivity index (χ1) is 8.63. The molecule has 2 aromatic rings. The van der Waals surface area contributed by atoms with Crippen LogP contribution in [-0.4, -0.2) is 15.7 Å². The van der Waals surface area contributed by atoms with Crippen molar-refractivity contribution in [3.8, 4) is 0 Å². The van der Waals surface area contributed by atoms with Crippen LogP contribution in [0.25, 0.3) is 0 Å². The lowest BCUT2D eigenvalue weighted by atomic mass is 10.2. The highest BCUT2D eigenvalue weighted by molar-refractivity contribution is 5.91. The van der Waals surface area contributed by atoms with Crippen LogP contribution in [-0.2, 0) is 11.3 Å². The monoisotopic (exact) mass is 244 g/mol. The normalized spacial score (nSPS) is 10.3. The number of hydrogen-bond acceptors (Lipinski definition) is 3. The molecule has 0 aliphatic rings. The summed E-state index contributed by atoms with van der Waals surface area (Å²) >= 11 is 0. The van der Waals surface area contributed by atoms with Crippen LogP contribution in [0, 0.1) is 6.92 Å². The van der Waals surface area contributed by atoms with Crippen LogP contribution in [0.2, 0.25) is 0 Å². The second-order valence-corrected chi connectivity index (χ2v) is 4.20. The molecule has 1 heterocycles. The van der Waals surface area contributed by atoms with Crippen LogP contribution in [0.3, 0.4) is 0 Å².